The first-order valence-electron chi connectivity index (χ1n) is 6.83. The van der Waals surface area contributed by atoms with Crippen LogP contribution in [0.5, 0.6) is 11.5 Å². The molecular formula is C15H19NO5. The molecule has 6 nitrogen and oxygen atoms in total. The van der Waals surface area contributed by atoms with Gasteiger partial charge in [0.15, 0.2) is 11.5 Å². The second kappa shape index (κ2) is 6.03. The van der Waals surface area contributed by atoms with Gasteiger partial charge < -0.3 is 19.9 Å². The van der Waals surface area contributed by atoms with Crippen molar-refractivity contribution in [2.75, 3.05) is 6.79 Å². The highest BCUT2D eigenvalue weighted by molar-refractivity contribution is 5.84. The number of amides is 1. The molecule has 1 aromatic carbocycles. The molecule has 0 saturated carbocycles. The predicted molar refractivity (Wildman–Crippen MR) is 75.1 cm³/mol. The Hall–Kier alpha value is -2.24. The van der Waals surface area contributed by atoms with E-state index in [1.165, 1.54) is 6.92 Å². The van der Waals surface area contributed by atoms with Crippen molar-refractivity contribution in [2.24, 2.45) is 11.8 Å². The quantitative estimate of drug-likeness (QED) is 0.866. The van der Waals surface area contributed by atoms with Gasteiger partial charge in [0.05, 0.1) is 12.0 Å². The van der Waals surface area contributed by atoms with E-state index in [2.05, 4.69) is 5.32 Å². The van der Waals surface area contributed by atoms with Gasteiger partial charge in [-0.15, -0.1) is 0 Å². The molecule has 0 fully saturated rings. The number of hydrogen-bond acceptors (Lipinski definition) is 4. The molecule has 0 aliphatic carbocycles. The van der Waals surface area contributed by atoms with Crippen LogP contribution in [0, 0.1) is 11.8 Å². The first kappa shape index (κ1) is 15.2. The van der Waals surface area contributed by atoms with Crippen LogP contribution in [0.15, 0.2) is 18.2 Å². The van der Waals surface area contributed by atoms with E-state index in [0.717, 1.165) is 5.56 Å². The first-order chi connectivity index (χ1) is 9.90. The summed E-state index contributed by atoms with van der Waals surface area (Å²) in [5, 5.41) is 11.8. The number of fused-ring (bicyclic) bond motifs is 1. The van der Waals surface area contributed by atoms with Crippen molar-refractivity contribution in [3.8, 4) is 11.5 Å². The van der Waals surface area contributed by atoms with Crippen LogP contribution in [0.3, 0.4) is 0 Å². The number of carboxylic acid groups (broad SMARTS) is 1. The summed E-state index contributed by atoms with van der Waals surface area (Å²) in [6.07, 6.45) is 0. The molecule has 1 amide bonds. The van der Waals surface area contributed by atoms with Crippen LogP contribution in [0.1, 0.15) is 32.4 Å². The molecule has 1 aliphatic heterocycles. The smallest absolute Gasteiger partial charge is 0.307 e. The van der Waals surface area contributed by atoms with E-state index in [1.807, 2.05) is 19.1 Å². The van der Waals surface area contributed by atoms with Crippen molar-refractivity contribution in [1.29, 1.82) is 0 Å². The summed E-state index contributed by atoms with van der Waals surface area (Å²) < 4.78 is 10.5. The minimum Gasteiger partial charge on any atom is -0.481 e. The van der Waals surface area contributed by atoms with Crippen molar-refractivity contribution in [1.82, 2.24) is 5.32 Å². The van der Waals surface area contributed by atoms with Crippen molar-refractivity contribution in [3.63, 3.8) is 0 Å². The maximum absolute atomic E-state index is 12.1. The first-order valence-corrected chi connectivity index (χ1v) is 6.83. The molecule has 3 unspecified atom stereocenters. The molecule has 6 heteroatoms. The Balaban J connectivity index is 2.02. The zero-order chi connectivity index (χ0) is 15.6. The number of hydrogen-bond donors (Lipinski definition) is 2. The molecule has 21 heavy (non-hydrogen) atoms. The number of nitrogens with one attached hydrogen (secondary N) is 1. The second-order valence-electron chi connectivity index (χ2n) is 5.26. The standard InChI is InChI=1S/C15H19NO5/c1-8(9(2)15(18)19)14(17)16-10(3)11-4-5-12-13(6-11)21-7-20-12/h4-6,8-10H,7H2,1-3H3,(H,16,17)(H,18,19). The highest BCUT2D eigenvalue weighted by Gasteiger charge is 2.27. The third-order valence-corrected chi connectivity index (χ3v) is 3.81. The van der Waals surface area contributed by atoms with Crippen LogP contribution in [0.4, 0.5) is 0 Å². The number of aliphatic carboxylic acids is 1. The monoisotopic (exact) mass is 293 g/mol. The zero-order valence-electron chi connectivity index (χ0n) is 12.3. The number of ether oxygens (including phenoxy) is 2. The van der Waals surface area contributed by atoms with Gasteiger partial charge in [-0.1, -0.05) is 19.9 Å². The number of carboxylic acids is 1. The molecule has 0 radical (unpaired) electrons. The highest BCUT2D eigenvalue weighted by Crippen LogP contribution is 2.34. The lowest BCUT2D eigenvalue weighted by Crippen LogP contribution is -2.36. The molecular weight excluding hydrogens is 274 g/mol. The Morgan fingerprint density at radius 3 is 2.48 bits per heavy atom. The Kier molecular flexibility index (Phi) is 4.35. The normalized spacial score (nSPS) is 16.9. The van der Waals surface area contributed by atoms with Crippen molar-refractivity contribution >= 4 is 11.9 Å². The van der Waals surface area contributed by atoms with Gasteiger partial charge in [-0.05, 0) is 24.6 Å². The largest absolute Gasteiger partial charge is 0.481 e. The van der Waals surface area contributed by atoms with Gasteiger partial charge in [-0.25, -0.2) is 0 Å². The van der Waals surface area contributed by atoms with Crippen molar-refractivity contribution < 1.29 is 24.2 Å². The molecule has 2 N–H and O–H groups in total. The molecule has 3 atom stereocenters. The number of carbonyl (C=O) groups excluding carboxylic acids is 1. The van der Waals surface area contributed by atoms with Gasteiger partial charge in [0.1, 0.15) is 0 Å². The van der Waals surface area contributed by atoms with Crippen LogP contribution in [-0.4, -0.2) is 23.8 Å². The lowest BCUT2D eigenvalue weighted by molar-refractivity contribution is -0.146. The Bertz CT molecular complexity index is 557. The molecule has 1 heterocycles. The Morgan fingerprint density at radius 2 is 1.81 bits per heavy atom. The molecule has 1 aromatic rings. The topological polar surface area (TPSA) is 84.9 Å². The summed E-state index contributed by atoms with van der Waals surface area (Å²) in [7, 11) is 0. The lowest BCUT2D eigenvalue weighted by Gasteiger charge is -2.20. The van der Waals surface area contributed by atoms with E-state index < -0.39 is 17.8 Å². The average Bonchev–Trinajstić information content (AvgIpc) is 2.92. The highest BCUT2D eigenvalue weighted by atomic mass is 16.7. The van der Waals surface area contributed by atoms with E-state index in [1.54, 1.807) is 13.0 Å². The average molecular weight is 293 g/mol. The molecule has 2 rings (SSSR count). The fourth-order valence-electron chi connectivity index (χ4n) is 2.05. The number of carbonyl (C=O) groups is 2. The van der Waals surface area contributed by atoms with Gasteiger partial charge in [-0.2, -0.15) is 0 Å². The summed E-state index contributed by atoms with van der Waals surface area (Å²) in [5.74, 6) is -1.25. The third kappa shape index (κ3) is 3.26. The minimum atomic E-state index is -0.978. The maximum Gasteiger partial charge on any atom is 0.307 e. The number of rotatable bonds is 5. The number of benzene rings is 1. The van der Waals surface area contributed by atoms with E-state index in [-0.39, 0.29) is 18.7 Å². The van der Waals surface area contributed by atoms with Gasteiger partial charge >= 0.3 is 5.97 Å². The van der Waals surface area contributed by atoms with Gasteiger partial charge in [-0.3, -0.25) is 9.59 Å². The van der Waals surface area contributed by atoms with Crippen LogP contribution in [0.25, 0.3) is 0 Å². The van der Waals surface area contributed by atoms with Crippen LogP contribution in [-0.2, 0) is 9.59 Å². The second-order valence-corrected chi connectivity index (χ2v) is 5.26. The molecule has 0 aromatic heterocycles. The van der Waals surface area contributed by atoms with Gasteiger partial charge in [0.2, 0.25) is 12.7 Å². The summed E-state index contributed by atoms with van der Waals surface area (Å²) in [6, 6.07) is 5.22. The predicted octanol–water partition coefficient (Wildman–Crippen LogP) is 1.95. The van der Waals surface area contributed by atoms with Crippen LogP contribution < -0.4 is 14.8 Å². The summed E-state index contributed by atoms with van der Waals surface area (Å²) in [5.41, 5.74) is 0.878. The summed E-state index contributed by atoms with van der Waals surface area (Å²) in [6.45, 7) is 5.18. The Labute approximate surface area is 123 Å². The van der Waals surface area contributed by atoms with E-state index >= 15 is 0 Å². The van der Waals surface area contributed by atoms with Crippen LogP contribution >= 0.6 is 0 Å². The van der Waals surface area contributed by atoms with Gasteiger partial charge in [0.25, 0.3) is 0 Å². The molecule has 0 saturated heterocycles. The van der Waals surface area contributed by atoms with Crippen molar-refractivity contribution in [3.05, 3.63) is 23.8 Å². The SMILES string of the molecule is CC(NC(=O)C(C)C(C)C(=O)O)c1ccc2c(c1)OCO2. The minimum absolute atomic E-state index is 0.201. The zero-order valence-corrected chi connectivity index (χ0v) is 12.3. The van der Waals surface area contributed by atoms with E-state index in [4.69, 9.17) is 14.6 Å². The Morgan fingerprint density at radius 1 is 1.14 bits per heavy atom. The van der Waals surface area contributed by atoms with E-state index in [0.29, 0.717) is 11.5 Å². The lowest BCUT2D eigenvalue weighted by atomic mass is 9.94. The molecule has 0 spiro atoms. The molecule has 114 valence electrons. The summed E-state index contributed by atoms with van der Waals surface area (Å²) in [4.78, 5) is 23.0. The molecule has 0 bridgehead atoms. The fourth-order valence-corrected chi connectivity index (χ4v) is 2.05. The van der Waals surface area contributed by atoms with Gasteiger partial charge in [0, 0.05) is 5.92 Å². The molecule has 1 aliphatic rings. The maximum atomic E-state index is 12.1. The van der Waals surface area contributed by atoms with Crippen LogP contribution in [0.2, 0.25) is 0 Å². The summed E-state index contributed by atoms with van der Waals surface area (Å²) >= 11 is 0. The fraction of sp³-hybridized carbons (Fsp3) is 0.467. The van der Waals surface area contributed by atoms with Crippen molar-refractivity contribution in [2.45, 2.75) is 26.8 Å². The van der Waals surface area contributed by atoms with E-state index in [9.17, 15) is 9.59 Å². The third-order valence-electron chi connectivity index (χ3n) is 3.81.